The number of hydrogen-bond donors (Lipinski definition) is 1. The molecule has 1 N–H and O–H groups in total. The van der Waals surface area contributed by atoms with E-state index in [0.29, 0.717) is 23.0 Å². The molecule has 0 bridgehead atoms. The number of thiocarbonyl (C=S) groups is 1. The number of amides is 1. The molecule has 2 aromatic carbocycles. The van der Waals surface area contributed by atoms with Crippen molar-refractivity contribution >= 4 is 28.9 Å². The van der Waals surface area contributed by atoms with Gasteiger partial charge in [0.05, 0.1) is 12.2 Å². The molecule has 0 saturated carbocycles. The number of anilines is 1. The van der Waals surface area contributed by atoms with E-state index < -0.39 is 0 Å². The van der Waals surface area contributed by atoms with E-state index in [1.807, 2.05) is 41.3 Å². The molecule has 0 saturated heterocycles. The van der Waals surface area contributed by atoms with Gasteiger partial charge in [-0.25, -0.2) is 0 Å². The van der Waals surface area contributed by atoms with E-state index in [9.17, 15) is 4.79 Å². The summed E-state index contributed by atoms with van der Waals surface area (Å²) in [4.78, 5) is 14.6. The van der Waals surface area contributed by atoms with Gasteiger partial charge in [-0.15, -0.1) is 0 Å². The van der Waals surface area contributed by atoms with Gasteiger partial charge in [0.15, 0.2) is 5.11 Å². The lowest BCUT2D eigenvalue weighted by atomic mass is 10.2. The minimum absolute atomic E-state index is 0.235. The summed E-state index contributed by atoms with van der Waals surface area (Å²) in [6.07, 6.45) is 2.94. The van der Waals surface area contributed by atoms with Crippen LogP contribution in [0.15, 0.2) is 48.5 Å². The topological polar surface area (TPSA) is 41.6 Å². The molecular formula is C20H22N2O2S. The van der Waals surface area contributed by atoms with Crippen LogP contribution in [0.3, 0.4) is 0 Å². The normalized spacial score (nSPS) is 12.6. The maximum Gasteiger partial charge on any atom is 0.261 e. The Balaban J connectivity index is 1.70. The second-order valence-electron chi connectivity index (χ2n) is 5.99. The minimum atomic E-state index is -0.235. The summed E-state index contributed by atoms with van der Waals surface area (Å²) in [5.74, 6) is 0.361. The fourth-order valence-corrected chi connectivity index (χ4v) is 3.17. The van der Waals surface area contributed by atoms with Crippen molar-refractivity contribution in [2.45, 2.75) is 26.2 Å². The highest BCUT2D eigenvalue weighted by atomic mass is 32.1. The first-order chi connectivity index (χ1) is 12.2. The predicted molar refractivity (Wildman–Crippen MR) is 104 cm³/mol. The monoisotopic (exact) mass is 354 g/mol. The van der Waals surface area contributed by atoms with Gasteiger partial charge >= 0.3 is 0 Å². The Morgan fingerprint density at radius 3 is 2.80 bits per heavy atom. The largest absolute Gasteiger partial charge is 0.493 e. The molecule has 3 rings (SSSR count). The summed E-state index contributed by atoms with van der Waals surface area (Å²) in [5, 5.41) is 3.28. The SMILES string of the molecule is CCCCOc1ccccc1C(=O)NC(=S)N1CCc2ccccc21. The molecule has 0 aliphatic carbocycles. The number of nitrogens with one attached hydrogen (secondary N) is 1. The molecule has 1 amide bonds. The van der Waals surface area contributed by atoms with Crippen LogP contribution in [0.4, 0.5) is 5.69 Å². The van der Waals surface area contributed by atoms with Crippen molar-refractivity contribution in [1.82, 2.24) is 5.32 Å². The van der Waals surface area contributed by atoms with E-state index >= 15 is 0 Å². The van der Waals surface area contributed by atoms with Crippen LogP contribution in [0, 0.1) is 0 Å². The summed E-state index contributed by atoms with van der Waals surface area (Å²) in [7, 11) is 0. The number of benzene rings is 2. The second kappa shape index (κ2) is 8.12. The number of carbonyl (C=O) groups is 1. The van der Waals surface area contributed by atoms with Crippen molar-refractivity contribution in [1.29, 1.82) is 0 Å². The number of hydrogen-bond acceptors (Lipinski definition) is 3. The Bertz CT molecular complexity index is 776. The number of rotatable bonds is 5. The van der Waals surface area contributed by atoms with Crippen molar-refractivity contribution in [3.05, 3.63) is 59.7 Å². The van der Waals surface area contributed by atoms with Gasteiger partial charge in [0, 0.05) is 12.2 Å². The highest BCUT2D eigenvalue weighted by molar-refractivity contribution is 7.80. The molecule has 0 spiro atoms. The summed E-state index contributed by atoms with van der Waals surface area (Å²) < 4.78 is 5.74. The fourth-order valence-electron chi connectivity index (χ4n) is 2.89. The number of ether oxygens (including phenoxy) is 1. The predicted octanol–water partition coefficient (Wildman–Crippen LogP) is 3.94. The fraction of sp³-hybridized carbons (Fsp3) is 0.300. The first kappa shape index (κ1) is 17.4. The zero-order chi connectivity index (χ0) is 17.6. The highest BCUT2D eigenvalue weighted by Crippen LogP contribution is 2.27. The average Bonchev–Trinajstić information content (AvgIpc) is 3.06. The molecule has 1 aliphatic rings. The van der Waals surface area contributed by atoms with Crippen LogP contribution in [0.25, 0.3) is 0 Å². The molecule has 0 fully saturated rings. The standard InChI is InChI=1S/C20H22N2O2S/c1-2-3-14-24-18-11-7-5-9-16(18)19(23)21-20(25)22-13-12-15-8-4-6-10-17(15)22/h4-11H,2-3,12-14H2,1H3,(H,21,23,25). The Morgan fingerprint density at radius 2 is 1.96 bits per heavy atom. The summed E-state index contributed by atoms with van der Waals surface area (Å²) in [5.41, 5.74) is 2.83. The quantitative estimate of drug-likeness (QED) is 0.652. The van der Waals surface area contributed by atoms with Crippen LogP contribution < -0.4 is 15.0 Å². The van der Waals surface area contributed by atoms with E-state index in [2.05, 4.69) is 18.3 Å². The van der Waals surface area contributed by atoms with Crippen LogP contribution in [-0.4, -0.2) is 24.2 Å². The van der Waals surface area contributed by atoms with Gasteiger partial charge in [-0.05, 0) is 48.8 Å². The smallest absolute Gasteiger partial charge is 0.261 e. The van der Waals surface area contributed by atoms with Crippen molar-refractivity contribution in [3.63, 3.8) is 0 Å². The number of carbonyl (C=O) groups excluding carboxylic acids is 1. The number of para-hydroxylation sites is 2. The van der Waals surface area contributed by atoms with E-state index in [0.717, 1.165) is 31.5 Å². The van der Waals surface area contributed by atoms with Crippen molar-refractivity contribution < 1.29 is 9.53 Å². The molecule has 130 valence electrons. The number of unbranched alkanes of at least 4 members (excludes halogenated alkanes) is 1. The summed E-state index contributed by atoms with van der Waals surface area (Å²) in [6.45, 7) is 3.49. The summed E-state index contributed by atoms with van der Waals surface area (Å²) >= 11 is 5.47. The van der Waals surface area contributed by atoms with Gasteiger partial charge < -0.3 is 9.64 Å². The molecule has 25 heavy (non-hydrogen) atoms. The van der Waals surface area contributed by atoms with Gasteiger partial charge in [-0.1, -0.05) is 43.7 Å². The lowest BCUT2D eigenvalue weighted by Crippen LogP contribution is -2.42. The Hall–Kier alpha value is -2.40. The Labute approximate surface area is 153 Å². The zero-order valence-corrected chi connectivity index (χ0v) is 15.1. The van der Waals surface area contributed by atoms with Gasteiger partial charge in [-0.2, -0.15) is 0 Å². The number of nitrogens with zero attached hydrogens (tertiary/aromatic N) is 1. The van der Waals surface area contributed by atoms with Gasteiger partial charge in [0.25, 0.3) is 5.91 Å². The second-order valence-corrected chi connectivity index (χ2v) is 6.37. The van der Waals surface area contributed by atoms with Crippen LogP contribution in [0.1, 0.15) is 35.7 Å². The third kappa shape index (κ3) is 3.99. The number of fused-ring (bicyclic) bond motifs is 1. The first-order valence-electron chi connectivity index (χ1n) is 8.63. The van der Waals surface area contributed by atoms with Gasteiger partial charge in [0.1, 0.15) is 5.75 Å². The molecule has 4 nitrogen and oxygen atoms in total. The van der Waals surface area contributed by atoms with Crippen molar-refractivity contribution in [2.75, 3.05) is 18.1 Å². The van der Waals surface area contributed by atoms with Gasteiger partial charge in [-0.3, -0.25) is 10.1 Å². The van der Waals surface area contributed by atoms with Crippen LogP contribution in [0.5, 0.6) is 5.75 Å². The molecule has 5 heteroatoms. The van der Waals surface area contributed by atoms with Crippen molar-refractivity contribution in [3.8, 4) is 5.75 Å². The average molecular weight is 354 g/mol. The van der Waals surface area contributed by atoms with E-state index in [1.165, 1.54) is 5.56 Å². The van der Waals surface area contributed by atoms with Crippen LogP contribution >= 0.6 is 12.2 Å². The Kier molecular flexibility index (Phi) is 5.66. The van der Waals surface area contributed by atoms with Crippen LogP contribution in [-0.2, 0) is 6.42 Å². The van der Waals surface area contributed by atoms with Crippen molar-refractivity contribution in [2.24, 2.45) is 0 Å². The first-order valence-corrected chi connectivity index (χ1v) is 9.04. The lowest BCUT2D eigenvalue weighted by molar-refractivity contribution is 0.0973. The van der Waals surface area contributed by atoms with Gasteiger partial charge in [0.2, 0.25) is 0 Å². The highest BCUT2D eigenvalue weighted by Gasteiger charge is 2.23. The van der Waals surface area contributed by atoms with E-state index in [1.54, 1.807) is 6.07 Å². The molecule has 2 aromatic rings. The zero-order valence-electron chi connectivity index (χ0n) is 14.3. The molecular weight excluding hydrogens is 332 g/mol. The molecule has 0 aromatic heterocycles. The molecule has 0 unspecified atom stereocenters. The maximum atomic E-state index is 12.7. The van der Waals surface area contributed by atoms with E-state index in [-0.39, 0.29) is 5.91 Å². The minimum Gasteiger partial charge on any atom is -0.493 e. The molecule has 1 heterocycles. The molecule has 0 radical (unpaired) electrons. The van der Waals surface area contributed by atoms with E-state index in [4.69, 9.17) is 17.0 Å². The van der Waals surface area contributed by atoms with Crippen LogP contribution in [0.2, 0.25) is 0 Å². The summed E-state index contributed by atoms with van der Waals surface area (Å²) in [6, 6.07) is 15.4. The third-order valence-corrected chi connectivity index (χ3v) is 4.56. The third-order valence-electron chi connectivity index (χ3n) is 4.24. The maximum absolute atomic E-state index is 12.7. The Morgan fingerprint density at radius 1 is 1.20 bits per heavy atom. The molecule has 1 aliphatic heterocycles. The lowest BCUT2D eigenvalue weighted by Gasteiger charge is -2.21. The molecule has 0 atom stereocenters.